The van der Waals surface area contributed by atoms with Crippen LogP contribution in [0.1, 0.15) is 41.4 Å². The summed E-state index contributed by atoms with van der Waals surface area (Å²) in [6.07, 6.45) is 0. The predicted octanol–water partition coefficient (Wildman–Crippen LogP) is 5.09. The van der Waals surface area contributed by atoms with Crippen LogP contribution in [0, 0.1) is 0 Å². The van der Waals surface area contributed by atoms with Gasteiger partial charge in [-0.25, -0.2) is 9.80 Å². The summed E-state index contributed by atoms with van der Waals surface area (Å²) >= 11 is 6.55. The number of nitrogens with zero attached hydrogens (tertiary/aromatic N) is 2. The van der Waals surface area contributed by atoms with Gasteiger partial charge >= 0.3 is 0 Å². The molecule has 0 atom stereocenters. The number of rotatable bonds is 2. The van der Waals surface area contributed by atoms with Crippen LogP contribution >= 0.6 is 11.6 Å². The van der Waals surface area contributed by atoms with Gasteiger partial charge in [0.15, 0.2) is 0 Å². The summed E-state index contributed by atoms with van der Waals surface area (Å²) < 4.78 is 0. The summed E-state index contributed by atoms with van der Waals surface area (Å²) in [6, 6.07) is 21.6. The van der Waals surface area contributed by atoms with E-state index in [1.165, 1.54) is 18.2 Å². The molecule has 158 valence electrons. The highest BCUT2D eigenvalue weighted by molar-refractivity contribution is 6.46. The molecule has 0 N–H and O–H groups in total. The normalized spacial score (nSPS) is 14.9. The Kier molecular flexibility index (Phi) is 4.03. The van der Waals surface area contributed by atoms with E-state index in [1.807, 2.05) is 0 Å². The molecule has 2 aliphatic rings. The maximum atomic E-state index is 13.5. The van der Waals surface area contributed by atoms with Crippen molar-refractivity contribution in [1.82, 2.24) is 0 Å². The fraction of sp³-hybridized carbons (Fsp3) is 0. The van der Waals surface area contributed by atoms with Gasteiger partial charge in [-0.2, -0.15) is 0 Å². The van der Waals surface area contributed by atoms with Crippen molar-refractivity contribution in [2.75, 3.05) is 9.80 Å². The number of halogens is 1. The second-order valence-electron chi connectivity index (χ2n) is 7.75. The Morgan fingerprint density at radius 1 is 0.515 bits per heavy atom. The van der Waals surface area contributed by atoms with Crippen molar-refractivity contribution in [3.63, 3.8) is 0 Å². The quantitative estimate of drug-likeness (QED) is 0.397. The van der Waals surface area contributed by atoms with Crippen LogP contribution in [0.3, 0.4) is 0 Å². The van der Waals surface area contributed by atoms with E-state index in [4.69, 9.17) is 11.6 Å². The van der Waals surface area contributed by atoms with Crippen LogP contribution < -0.4 is 9.80 Å². The molecule has 33 heavy (non-hydrogen) atoms. The molecule has 2 heterocycles. The van der Waals surface area contributed by atoms with Crippen LogP contribution in [0.25, 0.3) is 10.8 Å². The molecule has 0 aromatic heterocycles. The summed E-state index contributed by atoms with van der Waals surface area (Å²) in [5.41, 5.74) is 1.55. The molecule has 0 saturated carbocycles. The Bertz CT molecular complexity index is 1550. The fourth-order valence-corrected chi connectivity index (χ4v) is 4.83. The van der Waals surface area contributed by atoms with Crippen LogP contribution in [-0.4, -0.2) is 23.6 Å². The lowest BCUT2D eigenvalue weighted by atomic mass is 9.85. The van der Waals surface area contributed by atoms with Crippen LogP contribution in [0.2, 0.25) is 5.02 Å². The molecule has 0 fully saturated rings. The molecule has 0 radical (unpaired) electrons. The highest BCUT2D eigenvalue weighted by Gasteiger charge is 2.41. The summed E-state index contributed by atoms with van der Waals surface area (Å²) in [6.45, 7) is 0. The van der Waals surface area contributed by atoms with Gasteiger partial charge in [-0.1, -0.05) is 48.0 Å². The van der Waals surface area contributed by atoms with Crippen molar-refractivity contribution < 1.29 is 19.2 Å². The van der Waals surface area contributed by atoms with Crippen LogP contribution in [0.4, 0.5) is 11.4 Å². The van der Waals surface area contributed by atoms with E-state index < -0.39 is 23.6 Å². The van der Waals surface area contributed by atoms with Crippen molar-refractivity contribution in [2.45, 2.75) is 0 Å². The second-order valence-corrected chi connectivity index (χ2v) is 8.16. The summed E-state index contributed by atoms with van der Waals surface area (Å²) in [5, 5.41) is 0.570. The number of benzene rings is 4. The molecule has 4 amide bonds. The molecule has 6 rings (SSSR count). The minimum atomic E-state index is -0.599. The number of carbonyl (C=O) groups excluding carboxylic acids is 4. The van der Waals surface area contributed by atoms with Gasteiger partial charge < -0.3 is 0 Å². The third-order valence-electron chi connectivity index (χ3n) is 5.98. The zero-order valence-corrected chi connectivity index (χ0v) is 17.7. The molecule has 4 aromatic rings. The van der Waals surface area contributed by atoms with E-state index in [9.17, 15) is 19.2 Å². The van der Waals surface area contributed by atoms with E-state index >= 15 is 0 Å². The number of imide groups is 2. The number of carbonyl (C=O) groups is 4. The minimum absolute atomic E-state index is 0.0463. The van der Waals surface area contributed by atoms with E-state index in [1.54, 1.807) is 60.7 Å². The first-order valence-corrected chi connectivity index (χ1v) is 10.5. The van der Waals surface area contributed by atoms with Gasteiger partial charge in [0.05, 0.1) is 27.5 Å². The minimum Gasteiger partial charge on any atom is -0.268 e. The predicted molar refractivity (Wildman–Crippen MR) is 124 cm³/mol. The van der Waals surface area contributed by atoms with Crippen molar-refractivity contribution >= 4 is 57.4 Å². The maximum absolute atomic E-state index is 13.5. The van der Waals surface area contributed by atoms with E-state index in [2.05, 4.69) is 0 Å². The highest BCUT2D eigenvalue weighted by Crippen LogP contribution is 2.42. The van der Waals surface area contributed by atoms with Crippen LogP contribution in [-0.2, 0) is 0 Å². The van der Waals surface area contributed by atoms with Crippen molar-refractivity contribution in [2.24, 2.45) is 0 Å². The highest BCUT2D eigenvalue weighted by atomic mass is 35.5. The molecular weight excluding hydrogens is 440 g/mol. The van der Waals surface area contributed by atoms with Crippen molar-refractivity contribution in [3.05, 3.63) is 106 Å². The van der Waals surface area contributed by atoms with Gasteiger partial charge in [0.2, 0.25) is 0 Å². The molecule has 2 aliphatic heterocycles. The average Bonchev–Trinajstić information content (AvgIpc) is 2.83. The molecule has 0 bridgehead atoms. The lowest BCUT2D eigenvalue weighted by Crippen LogP contribution is -2.43. The van der Waals surface area contributed by atoms with Crippen molar-refractivity contribution in [1.29, 1.82) is 0 Å². The van der Waals surface area contributed by atoms with Gasteiger partial charge in [-0.3, -0.25) is 19.2 Å². The van der Waals surface area contributed by atoms with Gasteiger partial charge in [-0.05, 0) is 42.5 Å². The number of para-hydroxylation sites is 2. The first kappa shape index (κ1) is 19.4. The molecule has 4 aromatic carbocycles. The average molecular weight is 453 g/mol. The molecule has 6 nitrogen and oxygen atoms in total. The van der Waals surface area contributed by atoms with Crippen molar-refractivity contribution in [3.8, 4) is 0 Å². The monoisotopic (exact) mass is 452 g/mol. The van der Waals surface area contributed by atoms with E-state index in [-0.39, 0.29) is 38.0 Å². The molecule has 7 heteroatoms. The number of anilines is 2. The lowest BCUT2D eigenvalue weighted by Gasteiger charge is -2.32. The van der Waals surface area contributed by atoms with Gasteiger partial charge in [0.25, 0.3) is 23.6 Å². The Balaban J connectivity index is 1.63. The van der Waals surface area contributed by atoms with E-state index in [0.717, 1.165) is 9.80 Å². The van der Waals surface area contributed by atoms with Crippen LogP contribution in [0.5, 0.6) is 0 Å². The Hall–Kier alpha value is -4.29. The smallest absolute Gasteiger partial charge is 0.267 e. The third kappa shape index (κ3) is 2.55. The number of hydrogen-bond acceptors (Lipinski definition) is 4. The zero-order chi connectivity index (χ0) is 22.9. The summed E-state index contributed by atoms with van der Waals surface area (Å²) in [5.74, 6) is -2.22. The Morgan fingerprint density at radius 2 is 0.970 bits per heavy atom. The topological polar surface area (TPSA) is 74.8 Å². The SMILES string of the molecule is O=C1c2ccc3c4c(c(Cl)cc(c24)C(=O)N1c1ccccc1)C(=O)N(c1ccccc1)C3=O. The third-order valence-corrected chi connectivity index (χ3v) is 6.28. The summed E-state index contributed by atoms with van der Waals surface area (Å²) in [4.78, 5) is 55.8. The molecule has 0 saturated heterocycles. The lowest BCUT2D eigenvalue weighted by molar-refractivity contribution is 0.0873. The molecule has 0 aliphatic carbocycles. The zero-order valence-electron chi connectivity index (χ0n) is 16.9. The Morgan fingerprint density at radius 3 is 1.52 bits per heavy atom. The standard InChI is InChI=1S/C26H13ClN2O4/c27-19-13-18-20-16(23(30)28(25(18)32)14-7-3-1-4-8-14)11-12-17-21(20)22(19)26(33)29(24(17)31)15-9-5-2-6-10-15/h1-13H. The maximum Gasteiger partial charge on any atom is 0.267 e. The Labute approximate surface area is 192 Å². The van der Waals surface area contributed by atoms with Crippen LogP contribution in [0.15, 0.2) is 78.9 Å². The largest absolute Gasteiger partial charge is 0.268 e. The van der Waals surface area contributed by atoms with E-state index in [0.29, 0.717) is 11.4 Å². The van der Waals surface area contributed by atoms with Gasteiger partial charge in [-0.15, -0.1) is 0 Å². The number of hydrogen-bond donors (Lipinski definition) is 0. The number of amides is 4. The van der Waals surface area contributed by atoms with Gasteiger partial charge in [0.1, 0.15) is 0 Å². The first-order valence-electron chi connectivity index (χ1n) is 10.2. The first-order chi connectivity index (χ1) is 16.0. The molecule has 0 spiro atoms. The molecule has 0 unspecified atom stereocenters. The summed E-state index contributed by atoms with van der Waals surface area (Å²) in [7, 11) is 0. The fourth-order valence-electron chi connectivity index (χ4n) is 4.55. The second kappa shape index (κ2) is 6.85. The molecular formula is C26H13ClN2O4. The van der Waals surface area contributed by atoms with Gasteiger partial charge in [0, 0.05) is 21.9 Å².